The lowest BCUT2D eigenvalue weighted by Gasteiger charge is -2.29. The Morgan fingerprint density at radius 3 is 3.07 bits per heavy atom. The average Bonchev–Trinajstić information content (AvgIpc) is 2.17. The third-order valence-electron chi connectivity index (χ3n) is 2.25. The summed E-state index contributed by atoms with van der Waals surface area (Å²) in [5.41, 5.74) is 7.14. The van der Waals surface area contributed by atoms with Gasteiger partial charge in [0.2, 0.25) is 6.10 Å². The lowest BCUT2D eigenvalue weighted by atomic mass is 10.1. The Morgan fingerprint density at radius 1 is 1.57 bits per heavy atom. The van der Waals surface area contributed by atoms with E-state index in [0.717, 1.165) is 5.69 Å². The fourth-order valence-electron chi connectivity index (χ4n) is 1.49. The van der Waals surface area contributed by atoms with Gasteiger partial charge in [0.25, 0.3) is 0 Å². The maximum absolute atomic E-state index is 8.82. The maximum atomic E-state index is 8.82. The summed E-state index contributed by atoms with van der Waals surface area (Å²) >= 11 is 0. The molecule has 0 aliphatic carbocycles. The van der Waals surface area contributed by atoms with Gasteiger partial charge in [0, 0.05) is 0 Å². The molecule has 0 amide bonds. The van der Waals surface area contributed by atoms with E-state index in [2.05, 4.69) is 11.4 Å². The standard InChI is InChI=1S/C10H11N3O/c1-6-9(5-11)14-10-7(12)3-2-4-8(10)13-6/h2-4,6,9,13H,12H2,1H3. The molecule has 4 nitrogen and oxygen atoms in total. The summed E-state index contributed by atoms with van der Waals surface area (Å²) in [6.07, 6.45) is -0.479. The summed E-state index contributed by atoms with van der Waals surface area (Å²) in [7, 11) is 0. The van der Waals surface area contributed by atoms with Crippen molar-refractivity contribution < 1.29 is 4.74 Å². The topological polar surface area (TPSA) is 71.1 Å². The minimum atomic E-state index is -0.479. The number of nitriles is 1. The van der Waals surface area contributed by atoms with Gasteiger partial charge in [0.05, 0.1) is 17.4 Å². The third-order valence-corrected chi connectivity index (χ3v) is 2.25. The molecule has 0 spiro atoms. The van der Waals surface area contributed by atoms with Crippen LogP contribution in [0.15, 0.2) is 18.2 Å². The fraction of sp³-hybridized carbons (Fsp3) is 0.300. The summed E-state index contributed by atoms with van der Waals surface area (Å²) in [6, 6.07) is 7.55. The number of hydrogen-bond acceptors (Lipinski definition) is 4. The Morgan fingerprint density at radius 2 is 2.36 bits per heavy atom. The maximum Gasteiger partial charge on any atom is 0.204 e. The predicted molar refractivity (Wildman–Crippen MR) is 54.0 cm³/mol. The van der Waals surface area contributed by atoms with E-state index in [4.69, 9.17) is 15.7 Å². The van der Waals surface area contributed by atoms with Gasteiger partial charge >= 0.3 is 0 Å². The SMILES string of the molecule is CC1Nc2cccc(N)c2OC1C#N. The first-order chi connectivity index (χ1) is 6.72. The zero-order chi connectivity index (χ0) is 10.1. The lowest BCUT2D eigenvalue weighted by molar-refractivity contribution is 0.228. The van der Waals surface area contributed by atoms with Crippen LogP contribution in [0.1, 0.15) is 6.92 Å². The van der Waals surface area contributed by atoms with Gasteiger partial charge < -0.3 is 15.8 Å². The van der Waals surface area contributed by atoms with Crippen molar-refractivity contribution in [2.24, 2.45) is 0 Å². The highest BCUT2D eigenvalue weighted by atomic mass is 16.5. The highest BCUT2D eigenvalue weighted by molar-refractivity contribution is 5.70. The van der Waals surface area contributed by atoms with Gasteiger partial charge in [-0.2, -0.15) is 5.26 Å². The molecule has 1 aliphatic heterocycles. The van der Waals surface area contributed by atoms with Crippen molar-refractivity contribution in [3.8, 4) is 11.8 Å². The first-order valence-corrected chi connectivity index (χ1v) is 4.43. The zero-order valence-corrected chi connectivity index (χ0v) is 7.82. The lowest BCUT2D eigenvalue weighted by Crippen LogP contribution is -2.38. The molecule has 1 heterocycles. The quantitative estimate of drug-likeness (QED) is 0.604. The van der Waals surface area contributed by atoms with Crippen LogP contribution in [0.25, 0.3) is 0 Å². The van der Waals surface area contributed by atoms with Crippen LogP contribution in [0, 0.1) is 11.3 Å². The summed E-state index contributed by atoms with van der Waals surface area (Å²) in [5.74, 6) is 0.581. The van der Waals surface area contributed by atoms with Crippen LogP contribution < -0.4 is 15.8 Å². The Hall–Kier alpha value is -1.89. The van der Waals surface area contributed by atoms with Gasteiger partial charge in [-0.05, 0) is 19.1 Å². The highest BCUT2D eigenvalue weighted by Gasteiger charge is 2.26. The third kappa shape index (κ3) is 1.23. The number of ether oxygens (including phenoxy) is 1. The second-order valence-electron chi connectivity index (χ2n) is 3.32. The zero-order valence-electron chi connectivity index (χ0n) is 7.82. The van der Waals surface area contributed by atoms with Crippen molar-refractivity contribution in [2.75, 3.05) is 11.1 Å². The van der Waals surface area contributed by atoms with E-state index in [0.29, 0.717) is 11.4 Å². The van der Waals surface area contributed by atoms with Crippen molar-refractivity contribution in [1.29, 1.82) is 5.26 Å². The number of nitrogens with two attached hydrogens (primary N) is 1. The Bertz CT molecular complexity index is 397. The first kappa shape index (κ1) is 8.70. The Kier molecular flexibility index (Phi) is 1.93. The Balaban J connectivity index is 2.42. The number of nitrogens with one attached hydrogen (secondary N) is 1. The molecule has 1 aromatic carbocycles. The molecule has 0 fully saturated rings. The monoisotopic (exact) mass is 189 g/mol. The molecule has 2 atom stereocenters. The molecule has 0 bridgehead atoms. The van der Waals surface area contributed by atoms with E-state index in [1.165, 1.54) is 0 Å². The molecule has 0 aromatic heterocycles. The van der Waals surface area contributed by atoms with E-state index in [9.17, 15) is 0 Å². The van der Waals surface area contributed by atoms with Gasteiger partial charge in [-0.3, -0.25) is 0 Å². The summed E-state index contributed by atoms with van der Waals surface area (Å²) in [5, 5.41) is 12.0. The predicted octanol–water partition coefficient (Wildman–Crippen LogP) is 1.35. The number of benzene rings is 1. The normalized spacial score (nSPS) is 24.0. The second kappa shape index (κ2) is 3.11. The van der Waals surface area contributed by atoms with Gasteiger partial charge in [-0.1, -0.05) is 6.07 Å². The van der Waals surface area contributed by atoms with Crippen LogP contribution in [0.3, 0.4) is 0 Å². The largest absolute Gasteiger partial charge is 0.469 e. The van der Waals surface area contributed by atoms with Gasteiger partial charge in [-0.15, -0.1) is 0 Å². The fourth-order valence-corrected chi connectivity index (χ4v) is 1.49. The molecule has 72 valence electrons. The van der Waals surface area contributed by atoms with Gasteiger partial charge in [0.1, 0.15) is 6.07 Å². The molecule has 1 aromatic rings. The molecule has 2 unspecified atom stereocenters. The Labute approximate surface area is 82.3 Å². The van der Waals surface area contributed by atoms with Crippen molar-refractivity contribution in [1.82, 2.24) is 0 Å². The number of anilines is 2. The number of fused-ring (bicyclic) bond motifs is 1. The summed E-state index contributed by atoms with van der Waals surface area (Å²) < 4.78 is 5.48. The van der Waals surface area contributed by atoms with Crippen LogP contribution in [0.5, 0.6) is 5.75 Å². The molecular weight excluding hydrogens is 178 g/mol. The highest BCUT2D eigenvalue weighted by Crippen LogP contribution is 2.36. The molecular formula is C10H11N3O. The number of rotatable bonds is 0. The summed E-state index contributed by atoms with van der Waals surface area (Å²) in [4.78, 5) is 0. The molecule has 2 rings (SSSR count). The molecule has 0 saturated heterocycles. The van der Waals surface area contributed by atoms with Crippen LogP contribution in [0.2, 0.25) is 0 Å². The molecule has 0 saturated carbocycles. The number of nitrogen functional groups attached to an aromatic ring is 1. The van der Waals surface area contributed by atoms with Crippen molar-refractivity contribution >= 4 is 11.4 Å². The van der Waals surface area contributed by atoms with E-state index < -0.39 is 6.10 Å². The van der Waals surface area contributed by atoms with Crippen LogP contribution >= 0.6 is 0 Å². The molecule has 3 N–H and O–H groups in total. The van der Waals surface area contributed by atoms with Crippen LogP contribution in [0.4, 0.5) is 11.4 Å². The average molecular weight is 189 g/mol. The first-order valence-electron chi connectivity index (χ1n) is 4.43. The number of hydrogen-bond donors (Lipinski definition) is 2. The van der Waals surface area contributed by atoms with E-state index in [-0.39, 0.29) is 6.04 Å². The number of para-hydroxylation sites is 1. The van der Waals surface area contributed by atoms with E-state index in [1.54, 1.807) is 6.07 Å². The van der Waals surface area contributed by atoms with E-state index in [1.807, 2.05) is 19.1 Å². The smallest absolute Gasteiger partial charge is 0.204 e. The van der Waals surface area contributed by atoms with Crippen LogP contribution in [-0.2, 0) is 0 Å². The molecule has 1 aliphatic rings. The minimum Gasteiger partial charge on any atom is -0.469 e. The number of nitrogens with zero attached hydrogens (tertiary/aromatic N) is 1. The molecule has 14 heavy (non-hydrogen) atoms. The van der Waals surface area contributed by atoms with Gasteiger partial charge in [-0.25, -0.2) is 0 Å². The van der Waals surface area contributed by atoms with Crippen LogP contribution in [-0.4, -0.2) is 12.1 Å². The van der Waals surface area contributed by atoms with Crippen molar-refractivity contribution in [3.05, 3.63) is 18.2 Å². The van der Waals surface area contributed by atoms with Crippen molar-refractivity contribution in [2.45, 2.75) is 19.1 Å². The second-order valence-corrected chi connectivity index (χ2v) is 3.32. The minimum absolute atomic E-state index is 0.0192. The summed E-state index contributed by atoms with van der Waals surface area (Å²) in [6.45, 7) is 1.90. The molecule has 0 radical (unpaired) electrons. The molecule has 4 heteroatoms. The van der Waals surface area contributed by atoms with Crippen molar-refractivity contribution in [3.63, 3.8) is 0 Å². The van der Waals surface area contributed by atoms with Gasteiger partial charge in [0.15, 0.2) is 5.75 Å². The van der Waals surface area contributed by atoms with E-state index >= 15 is 0 Å².